The van der Waals surface area contributed by atoms with E-state index < -0.39 is 11.3 Å². The van der Waals surface area contributed by atoms with E-state index in [1.54, 1.807) is 6.07 Å². The minimum Gasteiger partial charge on any atom is -0.380 e. The Balaban J connectivity index is 2.89. The first kappa shape index (κ1) is 19.1. The maximum Gasteiger partial charge on any atom is 0.251 e. The Hall–Kier alpha value is 0.0400. The maximum atomic E-state index is 12.2. The average Bonchev–Trinajstić information content (AvgIpc) is 2.42. The van der Waals surface area contributed by atoms with Crippen molar-refractivity contribution in [3.8, 4) is 0 Å². The highest BCUT2D eigenvalue weighted by atomic mass is 80.0. The molecule has 1 aromatic rings. The van der Waals surface area contributed by atoms with E-state index in [1.807, 2.05) is 6.92 Å². The van der Waals surface area contributed by atoms with Gasteiger partial charge in [0.05, 0.1) is 11.5 Å². The summed E-state index contributed by atoms with van der Waals surface area (Å²) in [6.45, 7) is 3.22. The van der Waals surface area contributed by atoms with E-state index in [2.05, 4.69) is 53.1 Å². The predicted octanol–water partition coefficient (Wildman–Crippen LogP) is 3.02. The largest absolute Gasteiger partial charge is 0.380 e. The Kier molecular flexibility index (Phi) is 7.32. The molecule has 1 aromatic carbocycles. The molecule has 0 aromatic heterocycles. The van der Waals surface area contributed by atoms with E-state index in [0.717, 1.165) is 0 Å². The van der Waals surface area contributed by atoms with Crippen LogP contribution in [0, 0.1) is 0 Å². The van der Waals surface area contributed by atoms with Gasteiger partial charge in [0.15, 0.2) is 0 Å². The van der Waals surface area contributed by atoms with Crippen molar-refractivity contribution in [2.45, 2.75) is 13.3 Å². The molecule has 1 amide bonds. The van der Waals surface area contributed by atoms with Crippen LogP contribution in [-0.2, 0) is 14.6 Å². The molecule has 5 nitrogen and oxygen atoms in total. The van der Waals surface area contributed by atoms with Gasteiger partial charge in [0.25, 0.3) is 5.91 Å². The van der Waals surface area contributed by atoms with E-state index in [9.17, 15) is 13.2 Å². The summed E-state index contributed by atoms with van der Waals surface area (Å²) < 4.78 is 28.1. The number of amides is 1. The fourth-order valence-electron chi connectivity index (χ4n) is 1.42. The number of sulfone groups is 1. The molecule has 0 aliphatic heterocycles. The smallest absolute Gasteiger partial charge is 0.251 e. The monoisotopic (exact) mass is 505 g/mol. The van der Waals surface area contributed by atoms with Gasteiger partial charge in [-0.15, -0.1) is 0 Å². The number of alkyl halides is 3. The number of rotatable bonds is 6. The highest BCUT2D eigenvalue weighted by Crippen LogP contribution is 2.43. The summed E-state index contributed by atoms with van der Waals surface area (Å²) in [4.78, 5) is 12.0. The number of ether oxygens (including phenoxy) is 1. The molecule has 0 aliphatic carbocycles. The molecule has 0 spiro atoms. The Morgan fingerprint density at radius 1 is 1.33 bits per heavy atom. The summed E-state index contributed by atoms with van der Waals surface area (Å²) in [5, 5.41) is 2.66. The summed E-state index contributed by atoms with van der Waals surface area (Å²) in [5.41, 5.74) is 0.268. The number of hydrogen-bond donors (Lipinski definition) is 1. The molecule has 0 radical (unpaired) electrons. The van der Waals surface area contributed by atoms with Crippen LogP contribution in [-0.4, -0.2) is 35.6 Å². The second kappa shape index (κ2) is 8.05. The van der Waals surface area contributed by atoms with E-state index in [4.69, 9.17) is 4.74 Å². The summed E-state index contributed by atoms with van der Waals surface area (Å²) >= 11 is 8.96. The van der Waals surface area contributed by atoms with Crippen molar-refractivity contribution in [2.75, 3.05) is 19.8 Å². The van der Waals surface area contributed by atoms with Gasteiger partial charge in [-0.2, -0.15) is 0 Å². The quantitative estimate of drug-likeness (QED) is 0.474. The van der Waals surface area contributed by atoms with E-state index >= 15 is 0 Å². The van der Waals surface area contributed by atoms with Crippen LogP contribution >= 0.6 is 47.8 Å². The third-order valence-corrected chi connectivity index (χ3v) is 7.77. The third-order valence-electron chi connectivity index (χ3n) is 2.45. The van der Waals surface area contributed by atoms with Crippen molar-refractivity contribution >= 4 is 63.5 Å². The van der Waals surface area contributed by atoms with Crippen LogP contribution in [0.1, 0.15) is 17.3 Å². The molecule has 0 bridgehead atoms. The van der Waals surface area contributed by atoms with Gasteiger partial charge in [0, 0.05) is 18.7 Å². The zero-order valence-corrected chi connectivity index (χ0v) is 16.7. The van der Waals surface area contributed by atoms with Gasteiger partial charge in [0.1, 0.15) is 0 Å². The van der Waals surface area contributed by atoms with Crippen LogP contribution in [0.2, 0.25) is 0 Å². The summed E-state index contributed by atoms with van der Waals surface area (Å²) in [6, 6.07) is 5.81. The van der Waals surface area contributed by atoms with Gasteiger partial charge in [0.2, 0.25) is 11.3 Å². The molecule has 118 valence electrons. The molecule has 0 atom stereocenters. The van der Waals surface area contributed by atoms with Gasteiger partial charge >= 0.3 is 0 Å². The Labute approximate surface area is 149 Å². The number of benzene rings is 1. The van der Waals surface area contributed by atoms with Crippen molar-refractivity contribution in [3.05, 3.63) is 29.8 Å². The lowest BCUT2D eigenvalue weighted by atomic mass is 10.2. The predicted molar refractivity (Wildman–Crippen MR) is 92.0 cm³/mol. The van der Waals surface area contributed by atoms with Crippen LogP contribution < -0.4 is 5.32 Å². The van der Waals surface area contributed by atoms with Crippen molar-refractivity contribution in [1.82, 2.24) is 5.32 Å². The van der Waals surface area contributed by atoms with E-state index in [1.165, 1.54) is 18.2 Å². The maximum absolute atomic E-state index is 12.2. The van der Waals surface area contributed by atoms with Gasteiger partial charge in [-0.3, -0.25) is 4.79 Å². The fourth-order valence-corrected chi connectivity index (χ4v) is 3.91. The first-order valence-electron chi connectivity index (χ1n) is 5.97. The van der Waals surface area contributed by atoms with Gasteiger partial charge in [-0.1, -0.05) is 6.07 Å². The number of hydrogen-bond acceptors (Lipinski definition) is 4. The molecule has 0 saturated heterocycles. The lowest BCUT2D eigenvalue weighted by Gasteiger charge is -2.14. The molecule has 0 unspecified atom stereocenters. The third kappa shape index (κ3) is 5.31. The van der Waals surface area contributed by atoms with Crippen molar-refractivity contribution in [1.29, 1.82) is 0 Å². The number of carbonyl (C=O) groups is 1. The molecular formula is C12H14Br3NO4S. The van der Waals surface area contributed by atoms with Crippen molar-refractivity contribution in [3.63, 3.8) is 0 Å². The normalized spacial score (nSPS) is 12.2. The lowest BCUT2D eigenvalue weighted by molar-refractivity contribution is 0.0922. The Morgan fingerprint density at radius 3 is 2.57 bits per heavy atom. The molecule has 0 aliphatic rings. The fraction of sp³-hybridized carbons (Fsp3) is 0.417. The lowest BCUT2D eigenvalue weighted by Crippen LogP contribution is -2.27. The molecule has 1 rings (SSSR count). The number of nitrogens with one attached hydrogen (secondary N) is 1. The minimum absolute atomic E-state index is 0.0191. The second-order valence-electron chi connectivity index (χ2n) is 3.93. The SMILES string of the molecule is CCOCCNC(=O)c1cccc(S(=O)(=O)C(Br)(Br)Br)c1. The molecule has 0 saturated carbocycles. The molecule has 9 heteroatoms. The summed E-state index contributed by atoms with van der Waals surface area (Å²) in [5.74, 6) is -0.351. The topological polar surface area (TPSA) is 72.5 Å². The van der Waals surface area contributed by atoms with Gasteiger partial charge in [-0.25, -0.2) is 8.42 Å². The molecule has 0 fully saturated rings. The van der Waals surface area contributed by atoms with Crippen LogP contribution in [0.25, 0.3) is 0 Å². The molecular weight excluding hydrogens is 494 g/mol. The van der Waals surface area contributed by atoms with Crippen molar-refractivity contribution < 1.29 is 17.9 Å². The van der Waals surface area contributed by atoms with Crippen LogP contribution in [0.4, 0.5) is 0 Å². The van der Waals surface area contributed by atoms with Crippen LogP contribution in [0.5, 0.6) is 0 Å². The number of halogens is 3. The summed E-state index contributed by atoms with van der Waals surface area (Å²) in [7, 11) is -3.72. The standard InChI is InChI=1S/C12H14Br3NO4S/c1-2-20-7-6-16-11(17)9-4-3-5-10(8-9)21(18,19)12(13,14)15/h3-5,8H,2,6-7H2,1H3,(H,16,17). The summed E-state index contributed by atoms with van der Waals surface area (Å²) in [6.07, 6.45) is 0. The first-order valence-corrected chi connectivity index (χ1v) is 9.83. The molecule has 21 heavy (non-hydrogen) atoms. The zero-order valence-electron chi connectivity index (χ0n) is 11.1. The Bertz CT molecular complexity index is 599. The Morgan fingerprint density at radius 2 is 2.00 bits per heavy atom. The van der Waals surface area contributed by atoms with Gasteiger partial charge in [-0.05, 0) is 72.9 Å². The second-order valence-corrected chi connectivity index (χ2v) is 14.4. The minimum atomic E-state index is -3.72. The molecule has 0 heterocycles. The van der Waals surface area contributed by atoms with E-state index in [0.29, 0.717) is 19.8 Å². The number of carbonyl (C=O) groups excluding carboxylic acids is 1. The highest BCUT2D eigenvalue weighted by molar-refractivity contribution is 9.42. The van der Waals surface area contributed by atoms with Crippen LogP contribution in [0.15, 0.2) is 29.2 Å². The van der Waals surface area contributed by atoms with E-state index in [-0.39, 0.29) is 16.4 Å². The van der Waals surface area contributed by atoms with Gasteiger partial charge < -0.3 is 10.1 Å². The van der Waals surface area contributed by atoms with Crippen LogP contribution in [0.3, 0.4) is 0 Å². The zero-order chi connectivity index (χ0) is 16.1. The van der Waals surface area contributed by atoms with Crippen molar-refractivity contribution in [2.24, 2.45) is 0 Å². The average molecular weight is 508 g/mol. The first-order chi connectivity index (χ1) is 9.70. The highest BCUT2D eigenvalue weighted by Gasteiger charge is 2.37. The molecule has 1 N–H and O–H groups in total.